The van der Waals surface area contributed by atoms with Gasteiger partial charge in [0.1, 0.15) is 0 Å². The third-order valence-corrected chi connectivity index (χ3v) is 5.87. The van der Waals surface area contributed by atoms with Gasteiger partial charge >= 0.3 is 5.97 Å². The standard InChI is InChI=1S/C24H30N4O2.BrH/c1-2-30-23(29)20-12-10-19(11-13-20)18-28-22-9-5-4-8-21(22)27(24(28)25)17-16-26-14-6-3-7-15-26;/h4-5,8-13,25H,2-3,6-7,14-18H2,1H3;1H. The molecule has 7 heteroatoms. The first kappa shape index (κ1) is 23.3. The van der Waals surface area contributed by atoms with Gasteiger partial charge in [-0.3, -0.25) is 5.41 Å². The van der Waals surface area contributed by atoms with E-state index in [1.54, 1.807) is 19.1 Å². The maximum atomic E-state index is 11.9. The van der Waals surface area contributed by atoms with E-state index in [2.05, 4.69) is 21.6 Å². The van der Waals surface area contributed by atoms with Crippen LogP contribution in [0.15, 0.2) is 48.5 Å². The first-order valence-electron chi connectivity index (χ1n) is 10.9. The molecule has 1 fully saturated rings. The van der Waals surface area contributed by atoms with Gasteiger partial charge in [0, 0.05) is 13.1 Å². The van der Waals surface area contributed by atoms with Crippen LogP contribution >= 0.6 is 17.0 Å². The molecular formula is C24H31BrN4O2. The lowest BCUT2D eigenvalue weighted by Crippen LogP contribution is -2.35. The molecule has 0 saturated carbocycles. The second kappa shape index (κ2) is 10.8. The third kappa shape index (κ3) is 5.28. The Morgan fingerprint density at radius 2 is 1.58 bits per heavy atom. The number of nitrogens with zero attached hydrogens (tertiary/aromatic N) is 3. The van der Waals surface area contributed by atoms with Crippen LogP contribution in [0.25, 0.3) is 11.0 Å². The minimum absolute atomic E-state index is 0. The number of carbonyl (C=O) groups is 1. The Balaban J connectivity index is 0.00000272. The summed E-state index contributed by atoms with van der Waals surface area (Å²) in [5, 5.41) is 8.84. The zero-order valence-electron chi connectivity index (χ0n) is 18.0. The summed E-state index contributed by atoms with van der Waals surface area (Å²) >= 11 is 0. The predicted molar refractivity (Wildman–Crippen MR) is 128 cm³/mol. The third-order valence-electron chi connectivity index (χ3n) is 5.87. The van der Waals surface area contributed by atoms with E-state index in [0.29, 0.717) is 24.3 Å². The zero-order chi connectivity index (χ0) is 20.9. The normalized spacial score (nSPS) is 14.4. The first-order chi connectivity index (χ1) is 14.7. The minimum Gasteiger partial charge on any atom is -0.462 e. The van der Waals surface area contributed by atoms with Gasteiger partial charge in [0.25, 0.3) is 0 Å². The molecule has 2 heterocycles. The van der Waals surface area contributed by atoms with Gasteiger partial charge in [0.15, 0.2) is 0 Å². The highest BCUT2D eigenvalue weighted by atomic mass is 79.9. The number of aromatic nitrogens is 2. The van der Waals surface area contributed by atoms with Gasteiger partial charge in [-0.25, -0.2) is 4.79 Å². The Hall–Kier alpha value is -2.38. The van der Waals surface area contributed by atoms with Crippen molar-refractivity contribution >= 4 is 34.0 Å². The maximum Gasteiger partial charge on any atom is 0.338 e. The van der Waals surface area contributed by atoms with E-state index in [0.717, 1.165) is 29.7 Å². The topological polar surface area (TPSA) is 63.2 Å². The predicted octanol–water partition coefficient (Wildman–Crippen LogP) is 4.21. The number of carbonyl (C=O) groups excluding carboxylic acids is 1. The van der Waals surface area contributed by atoms with Crippen molar-refractivity contribution in [3.63, 3.8) is 0 Å². The van der Waals surface area contributed by atoms with E-state index >= 15 is 0 Å². The number of esters is 1. The van der Waals surface area contributed by atoms with Crippen LogP contribution in [0.2, 0.25) is 0 Å². The summed E-state index contributed by atoms with van der Waals surface area (Å²) in [7, 11) is 0. The van der Waals surface area contributed by atoms with E-state index in [-0.39, 0.29) is 23.0 Å². The molecule has 3 aromatic rings. The quantitative estimate of drug-likeness (QED) is 0.508. The maximum absolute atomic E-state index is 11.9. The molecule has 1 N–H and O–H groups in total. The van der Waals surface area contributed by atoms with E-state index < -0.39 is 0 Å². The number of hydrogen-bond acceptors (Lipinski definition) is 4. The van der Waals surface area contributed by atoms with Crippen LogP contribution < -0.4 is 5.62 Å². The fourth-order valence-electron chi connectivity index (χ4n) is 4.25. The Labute approximate surface area is 193 Å². The van der Waals surface area contributed by atoms with Gasteiger partial charge in [-0.1, -0.05) is 30.7 Å². The molecule has 166 valence electrons. The number of rotatable bonds is 7. The number of likely N-dealkylation sites (tertiary alicyclic amines) is 1. The van der Waals surface area contributed by atoms with Crippen molar-refractivity contribution in [3.8, 4) is 0 Å². The monoisotopic (exact) mass is 486 g/mol. The van der Waals surface area contributed by atoms with Gasteiger partial charge in [0.05, 0.1) is 29.7 Å². The van der Waals surface area contributed by atoms with E-state index in [1.807, 2.05) is 28.8 Å². The van der Waals surface area contributed by atoms with Crippen LogP contribution in [0, 0.1) is 5.41 Å². The molecule has 1 aromatic heterocycles. The molecule has 0 amide bonds. The number of piperidine rings is 1. The highest BCUT2D eigenvalue weighted by molar-refractivity contribution is 8.93. The van der Waals surface area contributed by atoms with Crippen molar-refractivity contribution in [1.82, 2.24) is 14.0 Å². The van der Waals surface area contributed by atoms with Crippen molar-refractivity contribution < 1.29 is 9.53 Å². The molecule has 4 rings (SSSR count). The molecule has 0 aliphatic carbocycles. The van der Waals surface area contributed by atoms with Crippen LogP contribution in [0.3, 0.4) is 0 Å². The SMILES string of the molecule is Br.CCOC(=O)c1ccc(Cn2c(=N)n(CCN3CCCCC3)c3ccccc32)cc1. The van der Waals surface area contributed by atoms with Crippen molar-refractivity contribution in [2.24, 2.45) is 0 Å². The summed E-state index contributed by atoms with van der Waals surface area (Å²) in [6.45, 7) is 6.92. The molecule has 1 saturated heterocycles. The molecule has 31 heavy (non-hydrogen) atoms. The number of benzene rings is 2. The largest absolute Gasteiger partial charge is 0.462 e. The number of nitrogens with one attached hydrogen (secondary N) is 1. The molecule has 0 radical (unpaired) electrons. The van der Waals surface area contributed by atoms with Crippen LogP contribution in [-0.4, -0.2) is 46.2 Å². The molecule has 1 aliphatic rings. The summed E-state index contributed by atoms with van der Waals surface area (Å²) in [5.74, 6) is -0.299. The van der Waals surface area contributed by atoms with Gasteiger partial charge in [-0.2, -0.15) is 0 Å². The Morgan fingerprint density at radius 3 is 2.23 bits per heavy atom. The average molecular weight is 487 g/mol. The highest BCUT2D eigenvalue weighted by Gasteiger charge is 2.14. The summed E-state index contributed by atoms with van der Waals surface area (Å²) in [4.78, 5) is 14.4. The molecule has 6 nitrogen and oxygen atoms in total. The van der Waals surface area contributed by atoms with Gasteiger partial charge in [-0.15, -0.1) is 17.0 Å². The fourth-order valence-corrected chi connectivity index (χ4v) is 4.25. The summed E-state index contributed by atoms with van der Waals surface area (Å²) in [5.41, 5.74) is 4.29. The van der Waals surface area contributed by atoms with Crippen molar-refractivity contribution in [2.75, 3.05) is 26.2 Å². The average Bonchev–Trinajstić information content (AvgIpc) is 3.04. The van der Waals surface area contributed by atoms with Crippen LogP contribution in [0.1, 0.15) is 42.1 Å². The Morgan fingerprint density at radius 1 is 0.935 bits per heavy atom. The minimum atomic E-state index is -0.299. The second-order valence-corrected chi connectivity index (χ2v) is 7.87. The molecule has 0 bridgehead atoms. The lowest BCUT2D eigenvalue weighted by Gasteiger charge is -2.26. The molecule has 0 unspecified atom stereocenters. The van der Waals surface area contributed by atoms with Crippen molar-refractivity contribution in [3.05, 3.63) is 65.3 Å². The first-order valence-corrected chi connectivity index (χ1v) is 10.9. The molecule has 0 atom stereocenters. The lowest BCUT2D eigenvalue weighted by molar-refractivity contribution is 0.0526. The Bertz CT molecular complexity index is 1070. The fraction of sp³-hybridized carbons (Fsp3) is 0.417. The van der Waals surface area contributed by atoms with Crippen molar-refractivity contribution in [1.29, 1.82) is 5.41 Å². The smallest absolute Gasteiger partial charge is 0.338 e. The lowest BCUT2D eigenvalue weighted by atomic mass is 10.1. The molecule has 0 spiro atoms. The number of hydrogen-bond donors (Lipinski definition) is 1. The summed E-state index contributed by atoms with van der Waals surface area (Å²) in [6.07, 6.45) is 3.89. The van der Waals surface area contributed by atoms with Crippen molar-refractivity contribution in [2.45, 2.75) is 39.3 Å². The van der Waals surface area contributed by atoms with Gasteiger partial charge < -0.3 is 18.8 Å². The highest BCUT2D eigenvalue weighted by Crippen LogP contribution is 2.16. The van der Waals surface area contributed by atoms with Crippen LogP contribution in [0.4, 0.5) is 0 Å². The second-order valence-electron chi connectivity index (χ2n) is 7.87. The Kier molecular flexibility index (Phi) is 8.09. The van der Waals surface area contributed by atoms with Gasteiger partial charge in [0.2, 0.25) is 5.62 Å². The zero-order valence-corrected chi connectivity index (χ0v) is 19.8. The van der Waals surface area contributed by atoms with E-state index in [9.17, 15) is 4.79 Å². The number of halogens is 1. The summed E-state index contributed by atoms with van der Waals surface area (Å²) < 4.78 is 9.23. The molecule has 1 aliphatic heterocycles. The molecule has 2 aromatic carbocycles. The van der Waals surface area contributed by atoms with Crippen LogP contribution in [0.5, 0.6) is 0 Å². The van der Waals surface area contributed by atoms with Gasteiger partial charge in [-0.05, 0) is 62.7 Å². The number of ether oxygens (including phenoxy) is 1. The summed E-state index contributed by atoms with van der Waals surface area (Å²) in [6, 6.07) is 15.7. The van der Waals surface area contributed by atoms with E-state index in [4.69, 9.17) is 10.1 Å². The van der Waals surface area contributed by atoms with E-state index in [1.165, 1.54) is 32.4 Å². The van der Waals surface area contributed by atoms with Crippen LogP contribution in [-0.2, 0) is 17.8 Å². The number of fused-ring (bicyclic) bond motifs is 1. The molecular weight excluding hydrogens is 456 g/mol. The number of imidazole rings is 1. The number of para-hydroxylation sites is 2.